The molecule has 13 amide bonds. The number of aliphatic hydroxyl groups is 3. The van der Waals surface area contributed by atoms with Gasteiger partial charge in [-0.2, -0.15) is 0 Å². The number of carboxylic acid groups (broad SMARTS) is 3. The van der Waals surface area contributed by atoms with Gasteiger partial charge in [-0.1, -0.05) is 131 Å². The molecule has 0 aliphatic carbocycles. The second-order valence-corrected chi connectivity index (χ2v) is 41.8. The van der Waals surface area contributed by atoms with E-state index >= 15 is 0 Å². The first-order valence-electron chi connectivity index (χ1n) is 50.2. The summed E-state index contributed by atoms with van der Waals surface area (Å²) in [6.45, 7) is 31.7. The van der Waals surface area contributed by atoms with Crippen molar-refractivity contribution in [2.24, 2.45) is 35.5 Å². The van der Waals surface area contributed by atoms with Crippen LogP contribution in [0.15, 0.2) is 72.8 Å². The van der Waals surface area contributed by atoms with Crippen molar-refractivity contribution in [1.29, 1.82) is 0 Å². The van der Waals surface area contributed by atoms with Crippen molar-refractivity contribution in [3.63, 3.8) is 0 Å². The highest BCUT2D eigenvalue weighted by Crippen LogP contribution is 2.29. The summed E-state index contributed by atoms with van der Waals surface area (Å²) in [6.07, 6.45) is -3.39. The minimum atomic E-state index is -1.58. The van der Waals surface area contributed by atoms with Crippen molar-refractivity contribution in [3.05, 3.63) is 106 Å². The molecule has 6 saturated heterocycles. The molecular weight excluding hydrogens is 1860 g/mol. The van der Waals surface area contributed by atoms with Crippen LogP contribution in [-0.2, 0) is 110 Å². The molecule has 0 unspecified atom stereocenters. The SMILES string of the molecule is Cc1ccc(C[C@@H]2NC(=O)[C@@H]3CCCN3CCNC(=O)[C@H]([C@@H](C)O)NC(=O)[C@H](CC(=O)O)CC(=O)[C@H](CC(C)C)NC2=O)cc1.Cc1ccc(C[C@@H]2NC(=O)[C@@H]3CCCN3C[C@H](C)NC(=O)[C@H]([C@@H](C)O)NC(=O)[C@H](CC(=O)O)CC(=O)[C@H](CC(C)C)NC2=O)cc1.Cc1ccc(C[C@H]2NC(=O)[C@@H]3CCCN3[C@H](C(=O)NC(C)(C)C)[C@H](C)NC(=O)[C@H]([C@@H](C)O)NC(=O)[C@H](CC(=O)O)CC(=O)[C@H](CC(C)C)NC2=O)cc1. The Morgan fingerprint density at radius 3 is 1.01 bits per heavy atom. The summed E-state index contributed by atoms with van der Waals surface area (Å²) >= 11 is 0. The van der Waals surface area contributed by atoms with Crippen LogP contribution >= 0.6 is 0 Å². The number of carbonyl (C=O) groups is 19. The molecule has 6 fully saturated rings. The Hall–Kier alpha value is -12.0. The number of fused-ring (bicyclic) bond motifs is 3. The van der Waals surface area contributed by atoms with E-state index < -0.39 is 271 Å². The number of aliphatic carboxylic acids is 3. The van der Waals surface area contributed by atoms with Gasteiger partial charge in [0.15, 0.2) is 17.3 Å². The van der Waals surface area contributed by atoms with Gasteiger partial charge < -0.3 is 99.8 Å². The summed E-state index contributed by atoms with van der Waals surface area (Å²) in [5, 5.41) is 95.4. The quantitative estimate of drug-likeness (QED) is 0.0673. The fraction of sp³-hybridized carbons (Fsp3) is 0.641. The number of Topliss-reactive ketones (excluding diaryl/α,β-unsaturated/α-hetero) is 3. The van der Waals surface area contributed by atoms with E-state index in [-0.39, 0.29) is 74.6 Å². The number of nitrogens with zero attached hydrogens (tertiary/aromatic N) is 3. The first-order chi connectivity index (χ1) is 67.5. The normalized spacial score (nSPS) is 27.7. The smallest absolute Gasteiger partial charge is 0.304 e. The Balaban J connectivity index is 0.000000294. The lowest BCUT2D eigenvalue weighted by atomic mass is 9.90. The molecule has 41 heteroatoms. The van der Waals surface area contributed by atoms with Gasteiger partial charge in [0.05, 0.1) is 97.6 Å². The first-order valence-corrected chi connectivity index (χ1v) is 50.2. The van der Waals surface area contributed by atoms with Crippen LogP contribution in [0.1, 0.15) is 227 Å². The van der Waals surface area contributed by atoms with E-state index in [1.165, 1.54) is 20.8 Å². The Morgan fingerprint density at radius 2 is 0.674 bits per heavy atom. The highest BCUT2D eigenvalue weighted by atomic mass is 16.4. The number of aliphatic hydroxyl groups excluding tert-OH is 3. The van der Waals surface area contributed by atoms with Crippen molar-refractivity contribution < 1.29 is 122 Å². The van der Waals surface area contributed by atoms with Gasteiger partial charge in [-0.25, -0.2) is 0 Å². The number of ketones is 3. The van der Waals surface area contributed by atoms with Crippen LogP contribution in [0.2, 0.25) is 0 Å². The predicted octanol–water partition coefficient (Wildman–Crippen LogP) is 1.25. The highest BCUT2D eigenvalue weighted by Gasteiger charge is 2.47. The van der Waals surface area contributed by atoms with Gasteiger partial charge in [0.2, 0.25) is 76.8 Å². The summed E-state index contributed by atoms with van der Waals surface area (Å²) in [7, 11) is 0. The van der Waals surface area contributed by atoms with E-state index in [0.717, 1.165) is 46.2 Å². The fourth-order valence-corrected chi connectivity index (χ4v) is 18.7. The average Bonchev–Trinajstić information content (AvgIpc) is 1.63. The van der Waals surface area contributed by atoms with Gasteiger partial charge in [0, 0.05) is 69.7 Å². The lowest BCUT2D eigenvalue weighted by Gasteiger charge is -2.38. The topological polar surface area (TPSA) is 612 Å². The first kappa shape index (κ1) is 119. The molecule has 6 heterocycles. The van der Waals surface area contributed by atoms with Crippen LogP contribution in [0.25, 0.3) is 0 Å². The summed E-state index contributed by atoms with van der Waals surface area (Å²) in [5.74, 6) is -18.4. The maximum atomic E-state index is 14.2. The largest absolute Gasteiger partial charge is 0.481 e. The number of amides is 13. The molecule has 21 atom stereocenters. The fourth-order valence-electron chi connectivity index (χ4n) is 18.7. The van der Waals surface area contributed by atoms with Gasteiger partial charge in [0.1, 0.15) is 42.3 Å². The molecule has 0 bridgehead atoms. The van der Waals surface area contributed by atoms with Crippen LogP contribution in [0.3, 0.4) is 0 Å². The van der Waals surface area contributed by atoms with Gasteiger partial charge >= 0.3 is 17.9 Å². The summed E-state index contributed by atoms with van der Waals surface area (Å²) in [4.78, 5) is 259. The highest BCUT2D eigenvalue weighted by molar-refractivity contribution is 6.01. The number of hydrogen-bond acceptors (Lipinski definition) is 25. The van der Waals surface area contributed by atoms with Crippen LogP contribution in [0.5, 0.6) is 0 Å². The van der Waals surface area contributed by atoms with E-state index in [2.05, 4.69) is 69.1 Å². The molecule has 144 heavy (non-hydrogen) atoms. The molecule has 0 aromatic heterocycles. The van der Waals surface area contributed by atoms with Crippen molar-refractivity contribution in [1.82, 2.24) is 83.8 Å². The van der Waals surface area contributed by atoms with Crippen molar-refractivity contribution in [2.75, 3.05) is 39.3 Å². The summed E-state index contributed by atoms with van der Waals surface area (Å²) in [5.41, 5.74) is 4.76. The van der Waals surface area contributed by atoms with E-state index in [1.54, 1.807) is 39.5 Å². The molecule has 41 nitrogen and oxygen atoms in total. The molecule has 6 aliphatic heterocycles. The summed E-state index contributed by atoms with van der Waals surface area (Å²) < 4.78 is 0. The van der Waals surface area contributed by atoms with E-state index in [9.17, 15) is 122 Å². The molecule has 9 rings (SSSR count). The van der Waals surface area contributed by atoms with Gasteiger partial charge in [-0.15, -0.1) is 0 Å². The molecule has 0 radical (unpaired) electrons. The zero-order valence-electron chi connectivity index (χ0n) is 86.0. The number of rotatable bonds is 22. The number of nitrogens with one attached hydrogen (secondary N) is 13. The van der Waals surface area contributed by atoms with Crippen LogP contribution in [0, 0.1) is 56.3 Å². The maximum Gasteiger partial charge on any atom is 0.304 e. The maximum absolute atomic E-state index is 14.2. The van der Waals surface area contributed by atoms with Crippen molar-refractivity contribution in [3.8, 4) is 0 Å². The average molecular weight is 2020 g/mol. The van der Waals surface area contributed by atoms with Crippen LogP contribution in [0.4, 0.5) is 0 Å². The molecular formula is C103H154N16O25. The Bertz CT molecular complexity index is 4970. The van der Waals surface area contributed by atoms with E-state index in [4.69, 9.17) is 0 Å². The minimum absolute atomic E-state index is 0.0515. The molecule has 0 spiro atoms. The second kappa shape index (κ2) is 55.9. The third-order valence-corrected chi connectivity index (χ3v) is 26.2. The Morgan fingerprint density at radius 1 is 0.368 bits per heavy atom. The van der Waals surface area contributed by atoms with Crippen LogP contribution in [-0.4, -0.2) is 311 Å². The zero-order valence-corrected chi connectivity index (χ0v) is 86.0. The number of benzene rings is 3. The molecule has 796 valence electrons. The van der Waals surface area contributed by atoms with Gasteiger partial charge in [-0.3, -0.25) is 106 Å². The second-order valence-electron chi connectivity index (χ2n) is 41.8. The Labute approximate surface area is 842 Å². The number of carbonyl (C=O) groups excluding carboxylic acids is 16. The predicted molar refractivity (Wildman–Crippen MR) is 530 cm³/mol. The van der Waals surface area contributed by atoms with Crippen molar-refractivity contribution in [2.45, 2.75) is 348 Å². The summed E-state index contributed by atoms with van der Waals surface area (Å²) in [6, 6.07) is 7.27. The minimum Gasteiger partial charge on any atom is -0.481 e. The molecule has 19 N–H and O–H groups in total. The molecule has 3 aromatic rings. The molecule has 6 aliphatic rings. The number of carboxylic acids is 3. The monoisotopic (exact) mass is 2020 g/mol. The Kier molecular flexibility index (Phi) is 46.1. The third-order valence-electron chi connectivity index (χ3n) is 26.2. The van der Waals surface area contributed by atoms with E-state index in [1.807, 2.05) is 145 Å². The molecule has 0 saturated carbocycles. The third kappa shape index (κ3) is 37.8. The van der Waals surface area contributed by atoms with Crippen molar-refractivity contribution >= 4 is 112 Å². The zero-order chi connectivity index (χ0) is 107. The lowest BCUT2D eigenvalue weighted by Crippen LogP contribution is -2.65. The van der Waals surface area contributed by atoms with Gasteiger partial charge in [0.25, 0.3) is 0 Å². The van der Waals surface area contributed by atoms with E-state index in [0.29, 0.717) is 58.4 Å². The number of aryl methyl sites for hydroxylation is 3. The van der Waals surface area contributed by atoms with Gasteiger partial charge in [-0.05, 0) is 188 Å². The standard InChI is InChI=1S/C38H58N6O9.C33H49N5O8.C32H47N5O8/c1-20(2)16-26-29(46)18-25(19-30(47)48)33(49)42-31(23(5)45)36(52)39-22(4)32(37(53)43-38(6,7)8)44-15-9-10-28(44)35(51)41-27(34(50)40-26)17-24-13-11-21(3)12-14-24;1-18(2)13-24-27(40)15-23(16-28(41)42)30(43)37-29(21(5)39)33(46)34-20(4)17-38-12-6-7-26(38)32(45)36-25(31(44)35-24)14-22-10-8-19(3)9-11-22;1-18(2)14-23-26(39)16-22(17-27(40)41)29(42)36-28(20(4)38)32(45)33-11-13-37-12-5-6-25(37)31(44)35-24(30(43)34-23)15-21-9-7-19(3)8-10-21/h11-14,20,22-23,25-28,31-32,45H,9-10,15-19H2,1-8H3,(H,39,52)(H,40,50)(H,41,51)(H,42,49)(H,43,53)(H,47,48);8-11,18,20-21,23-26,29,39H,6-7,12-17H2,1-5H3,(H,34,46)(H,35,44)(H,36,45)(H,37,43)(H,41,42);7-10,18,20,22-25,28,38H,5-6,11-17H2,1-4H3,(H,33,45)(H,34,43)(H,35,44)(H,36,42)(H,40,41)/t22-,23+,25-,26-,27+,28-,31-,32-;20-,21+,23-,24-,25-,26-,29-;20-,22+,23+,24+,25+,28+/m001/s1. The molecule has 3 aromatic carbocycles. The van der Waals surface area contributed by atoms with Crippen LogP contribution < -0.4 is 69.1 Å². The lowest BCUT2D eigenvalue weighted by molar-refractivity contribution is -0.143. The number of hydrogen-bond donors (Lipinski definition) is 19.